The zero-order valence-corrected chi connectivity index (χ0v) is 18.5. The van der Waals surface area contributed by atoms with Crippen molar-refractivity contribution in [2.24, 2.45) is 0 Å². The Morgan fingerprint density at radius 1 is 1.10 bits per heavy atom. The van der Waals surface area contributed by atoms with Gasteiger partial charge >= 0.3 is 6.09 Å². The van der Waals surface area contributed by atoms with E-state index in [4.69, 9.17) is 4.74 Å². The van der Waals surface area contributed by atoms with Crippen molar-refractivity contribution in [1.82, 2.24) is 15.3 Å². The molecule has 0 aliphatic carbocycles. The van der Waals surface area contributed by atoms with Gasteiger partial charge in [0.05, 0.1) is 17.9 Å². The molecule has 31 heavy (non-hydrogen) atoms. The molecule has 0 radical (unpaired) electrons. The highest BCUT2D eigenvalue weighted by Crippen LogP contribution is 2.23. The molecule has 164 valence electrons. The minimum absolute atomic E-state index is 0.435. The topological polar surface area (TPSA) is 113 Å². The quantitative estimate of drug-likeness (QED) is 0.416. The van der Waals surface area contributed by atoms with Crippen LogP contribution in [0.4, 0.5) is 10.5 Å². The predicted molar refractivity (Wildman–Crippen MR) is 120 cm³/mol. The lowest BCUT2D eigenvalue weighted by atomic mass is 10.1. The molecule has 2 aromatic carbocycles. The van der Waals surface area contributed by atoms with E-state index in [0.29, 0.717) is 17.9 Å². The third-order valence-corrected chi connectivity index (χ3v) is 4.76. The van der Waals surface area contributed by atoms with Gasteiger partial charge in [0.15, 0.2) is 0 Å². The van der Waals surface area contributed by atoms with Crippen molar-refractivity contribution in [2.45, 2.75) is 38.8 Å². The molecule has 3 aromatic rings. The van der Waals surface area contributed by atoms with Crippen LogP contribution in [0.5, 0.6) is 0 Å². The second-order valence-electron chi connectivity index (χ2n) is 8.02. The summed E-state index contributed by atoms with van der Waals surface area (Å²) in [6.07, 6.45) is 1.62. The number of alkyl carbamates (subject to hydrolysis) is 1. The smallest absolute Gasteiger partial charge is 0.408 e. The second-order valence-corrected chi connectivity index (χ2v) is 8.75. The zero-order valence-electron chi connectivity index (χ0n) is 17.6. The van der Waals surface area contributed by atoms with Gasteiger partial charge in [-0.1, -0.05) is 42.5 Å². The summed E-state index contributed by atoms with van der Waals surface area (Å²) in [5.41, 5.74) is 2.56. The molecule has 0 spiro atoms. The Bertz CT molecular complexity index is 1080. The van der Waals surface area contributed by atoms with Crippen molar-refractivity contribution in [3.63, 3.8) is 0 Å². The van der Waals surface area contributed by atoms with Crippen LogP contribution in [0.2, 0.25) is 0 Å². The van der Waals surface area contributed by atoms with Crippen LogP contribution in [0.15, 0.2) is 60.8 Å². The van der Waals surface area contributed by atoms with E-state index in [0.717, 1.165) is 16.8 Å². The Balaban J connectivity index is 1.83. The molecule has 0 saturated carbocycles. The van der Waals surface area contributed by atoms with E-state index >= 15 is 0 Å². The summed E-state index contributed by atoms with van der Waals surface area (Å²) in [5, 5.41) is 2.88. The van der Waals surface area contributed by atoms with Gasteiger partial charge in [-0.15, -0.1) is 0 Å². The summed E-state index contributed by atoms with van der Waals surface area (Å²) in [7, 11) is -2.72. The standard InChI is InChI=1S/C22H26N4O4S/c1-22(2,3)30-21(27)25-18(13-15-9-11-17(12-10-15)26-31(28)29)20-23-14-19(24-20)16-7-5-4-6-8-16/h4-12,14,18,31H,13H2,1-3H3,(H,23,24)(H,25,27)(H,26,28,29)/t18-/m0/s1. The van der Waals surface area contributed by atoms with Gasteiger partial charge in [-0.3, -0.25) is 4.72 Å². The first-order valence-electron chi connectivity index (χ1n) is 9.79. The van der Waals surface area contributed by atoms with Crippen LogP contribution in [-0.2, 0) is 22.0 Å². The summed E-state index contributed by atoms with van der Waals surface area (Å²) in [4.78, 5) is 20.2. The van der Waals surface area contributed by atoms with Gasteiger partial charge in [0.2, 0.25) is 10.9 Å². The van der Waals surface area contributed by atoms with Crippen LogP contribution in [-0.4, -0.2) is 30.1 Å². The molecule has 3 rings (SSSR count). The molecule has 0 unspecified atom stereocenters. The maximum Gasteiger partial charge on any atom is 0.408 e. The van der Waals surface area contributed by atoms with E-state index in [1.807, 2.05) is 30.3 Å². The summed E-state index contributed by atoms with van der Waals surface area (Å²) in [5.74, 6) is 0.592. The maximum absolute atomic E-state index is 12.4. The number of aromatic nitrogens is 2. The maximum atomic E-state index is 12.4. The number of ether oxygens (including phenoxy) is 1. The molecule has 9 heteroatoms. The van der Waals surface area contributed by atoms with E-state index in [1.165, 1.54) is 0 Å². The van der Waals surface area contributed by atoms with Crippen molar-refractivity contribution < 1.29 is 17.9 Å². The first kappa shape index (κ1) is 22.4. The molecule has 0 saturated heterocycles. The molecule has 0 aliphatic rings. The van der Waals surface area contributed by atoms with Gasteiger partial charge in [-0.2, -0.15) is 0 Å². The van der Waals surface area contributed by atoms with Gasteiger partial charge in [-0.25, -0.2) is 18.2 Å². The molecule has 0 fully saturated rings. The van der Waals surface area contributed by atoms with Gasteiger partial charge < -0.3 is 15.0 Å². The van der Waals surface area contributed by atoms with E-state index in [9.17, 15) is 13.2 Å². The molecule has 8 nitrogen and oxygen atoms in total. The Kier molecular flexibility index (Phi) is 6.96. The number of carbonyl (C=O) groups is 1. The molecule has 0 aliphatic heterocycles. The van der Waals surface area contributed by atoms with Crippen LogP contribution < -0.4 is 10.0 Å². The Labute approximate surface area is 183 Å². The number of hydrogen-bond donors (Lipinski definition) is 4. The monoisotopic (exact) mass is 442 g/mol. The number of hydrogen-bond acceptors (Lipinski definition) is 5. The van der Waals surface area contributed by atoms with Crippen molar-refractivity contribution in [3.05, 3.63) is 72.2 Å². The van der Waals surface area contributed by atoms with Crippen molar-refractivity contribution >= 4 is 22.7 Å². The Morgan fingerprint density at radius 2 is 1.77 bits per heavy atom. The largest absolute Gasteiger partial charge is 0.444 e. The zero-order chi connectivity index (χ0) is 22.4. The Hall–Kier alpha value is -3.33. The number of amides is 1. The fourth-order valence-electron chi connectivity index (χ4n) is 3.00. The summed E-state index contributed by atoms with van der Waals surface area (Å²) >= 11 is 0. The van der Waals surface area contributed by atoms with Gasteiger partial charge in [0, 0.05) is 12.1 Å². The molecular weight excluding hydrogens is 416 g/mol. The van der Waals surface area contributed by atoms with Crippen LogP contribution in [0, 0.1) is 0 Å². The lowest BCUT2D eigenvalue weighted by Gasteiger charge is -2.23. The second kappa shape index (κ2) is 9.65. The molecule has 0 bridgehead atoms. The highest BCUT2D eigenvalue weighted by Gasteiger charge is 2.23. The molecule has 1 aromatic heterocycles. The Morgan fingerprint density at radius 3 is 2.39 bits per heavy atom. The summed E-state index contributed by atoms with van der Waals surface area (Å²) in [6, 6.07) is 16.2. The number of rotatable bonds is 7. The third-order valence-electron chi connectivity index (χ3n) is 4.32. The molecular formula is C22H26N4O4S. The predicted octanol–water partition coefficient (Wildman–Crippen LogP) is 3.82. The minimum atomic E-state index is -2.72. The summed E-state index contributed by atoms with van der Waals surface area (Å²) in [6.45, 7) is 5.40. The normalized spacial score (nSPS) is 12.4. The SMILES string of the molecule is CC(C)(C)OC(=O)N[C@@H](Cc1ccc(N[SH](=O)=O)cc1)c1ncc(-c2ccccc2)[nH]1. The summed E-state index contributed by atoms with van der Waals surface area (Å²) < 4.78 is 29.4. The van der Waals surface area contributed by atoms with Gasteiger partial charge in [0.1, 0.15) is 11.4 Å². The minimum Gasteiger partial charge on any atom is -0.444 e. The van der Waals surface area contributed by atoms with Crippen LogP contribution in [0.1, 0.15) is 38.2 Å². The average molecular weight is 443 g/mol. The van der Waals surface area contributed by atoms with E-state index in [2.05, 4.69) is 20.0 Å². The van der Waals surface area contributed by atoms with Crippen LogP contribution >= 0.6 is 0 Å². The van der Waals surface area contributed by atoms with Crippen molar-refractivity contribution in [2.75, 3.05) is 4.72 Å². The van der Waals surface area contributed by atoms with Crippen molar-refractivity contribution in [1.29, 1.82) is 0 Å². The van der Waals surface area contributed by atoms with Crippen molar-refractivity contribution in [3.8, 4) is 11.3 Å². The van der Waals surface area contributed by atoms with E-state index < -0.39 is 28.6 Å². The molecule has 1 atom stereocenters. The van der Waals surface area contributed by atoms with E-state index in [-0.39, 0.29) is 0 Å². The lowest BCUT2D eigenvalue weighted by Crippen LogP contribution is -2.36. The van der Waals surface area contributed by atoms with Crippen LogP contribution in [0.3, 0.4) is 0 Å². The van der Waals surface area contributed by atoms with Crippen LogP contribution in [0.25, 0.3) is 11.3 Å². The number of nitrogens with zero attached hydrogens (tertiary/aromatic N) is 1. The third kappa shape index (κ3) is 6.85. The number of aromatic amines is 1. The highest BCUT2D eigenvalue weighted by atomic mass is 32.2. The number of nitrogens with one attached hydrogen (secondary N) is 3. The van der Waals surface area contributed by atoms with E-state index in [1.54, 1.807) is 51.2 Å². The number of carbonyl (C=O) groups excluding carboxylic acids is 1. The number of thiol groups is 1. The number of imidazole rings is 1. The first-order chi connectivity index (χ1) is 14.7. The average Bonchev–Trinajstić information content (AvgIpc) is 3.18. The fraction of sp³-hybridized carbons (Fsp3) is 0.273. The molecule has 1 amide bonds. The first-order valence-corrected chi connectivity index (χ1v) is 11.0. The fourth-order valence-corrected chi connectivity index (χ4v) is 3.36. The number of benzene rings is 2. The number of anilines is 1. The molecule has 3 N–H and O–H groups in total. The lowest BCUT2D eigenvalue weighted by molar-refractivity contribution is 0.0501. The molecule has 1 heterocycles. The number of H-pyrrole nitrogens is 1. The van der Waals surface area contributed by atoms with Gasteiger partial charge in [0.25, 0.3) is 0 Å². The highest BCUT2D eigenvalue weighted by molar-refractivity contribution is 7.73. The van der Waals surface area contributed by atoms with Gasteiger partial charge in [-0.05, 0) is 44.0 Å².